The Morgan fingerprint density at radius 3 is 1.06 bits per heavy atom. The standard InChI is InChI=1S/C14H14.CH5N/c1-11-3-7-13(8-4-11)14-9-5-12(2)6-10-14;1-2/h3-10H,1-2H3;2H2,1H3. The summed E-state index contributed by atoms with van der Waals surface area (Å²) in [5.74, 6) is 0. The second-order valence-corrected chi connectivity index (χ2v) is 3.73. The van der Waals surface area contributed by atoms with Crippen molar-refractivity contribution in [3.63, 3.8) is 0 Å². The van der Waals surface area contributed by atoms with Gasteiger partial charge in [0.25, 0.3) is 0 Å². The highest BCUT2D eigenvalue weighted by Gasteiger charge is 1.95. The molecule has 2 N–H and O–H groups in total. The predicted molar refractivity (Wildman–Crippen MR) is 71.5 cm³/mol. The van der Waals surface area contributed by atoms with E-state index in [0.29, 0.717) is 0 Å². The van der Waals surface area contributed by atoms with Gasteiger partial charge in [-0.1, -0.05) is 59.7 Å². The molecule has 0 aromatic heterocycles. The zero-order chi connectivity index (χ0) is 12.0. The predicted octanol–water partition coefficient (Wildman–Crippen LogP) is 3.55. The molecule has 2 aromatic carbocycles. The highest BCUT2D eigenvalue weighted by molar-refractivity contribution is 5.63. The van der Waals surface area contributed by atoms with Gasteiger partial charge in [0.2, 0.25) is 0 Å². The van der Waals surface area contributed by atoms with Crippen LogP contribution in [0.4, 0.5) is 0 Å². The van der Waals surface area contributed by atoms with Gasteiger partial charge < -0.3 is 5.73 Å². The SMILES string of the molecule is CN.Cc1ccc(-c2ccc(C)cc2)cc1. The molecule has 0 bridgehead atoms. The van der Waals surface area contributed by atoms with Gasteiger partial charge in [-0.25, -0.2) is 0 Å². The van der Waals surface area contributed by atoms with Crippen molar-refractivity contribution in [3.05, 3.63) is 59.7 Å². The van der Waals surface area contributed by atoms with Gasteiger partial charge in [-0.15, -0.1) is 0 Å². The largest absolute Gasteiger partial charge is 0.333 e. The molecule has 1 heteroatoms. The summed E-state index contributed by atoms with van der Waals surface area (Å²) in [6, 6.07) is 17.3. The molecule has 16 heavy (non-hydrogen) atoms. The minimum absolute atomic E-state index is 1.29. The Labute approximate surface area is 97.9 Å². The molecule has 2 rings (SSSR count). The van der Waals surface area contributed by atoms with Crippen molar-refractivity contribution in [2.75, 3.05) is 7.05 Å². The van der Waals surface area contributed by atoms with Crippen LogP contribution < -0.4 is 5.73 Å². The fourth-order valence-electron chi connectivity index (χ4n) is 1.49. The Balaban J connectivity index is 0.000000606. The van der Waals surface area contributed by atoms with Crippen LogP contribution in [0.1, 0.15) is 11.1 Å². The van der Waals surface area contributed by atoms with Crippen LogP contribution in [-0.4, -0.2) is 7.05 Å². The van der Waals surface area contributed by atoms with E-state index in [4.69, 9.17) is 0 Å². The van der Waals surface area contributed by atoms with Crippen molar-refractivity contribution >= 4 is 0 Å². The van der Waals surface area contributed by atoms with Gasteiger partial charge in [-0.2, -0.15) is 0 Å². The summed E-state index contributed by atoms with van der Waals surface area (Å²) >= 11 is 0. The molecule has 0 heterocycles. The van der Waals surface area contributed by atoms with Crippen LogP contribution in [0.5, 0.6) is 0 Å². The minimum Gasteiger partial charge on any atom is -0.333 e. The van der Waals surface area contributed by atoms with E-state index in [1.165, 1.54) is 29.3 Å². The molecular formula is C15H19N. The molecule has 0 amide bonds. The van der Waals surface area contributed by atoms with Gasteiger partial charge >= 0.3 is 0 Å². The van der Waals surface area contributed by atoms with Gasteiger partial charge in [0.1, 0.15) is 0 Å². The molecule has 0 spiro atoms. The molecule has 2 aromatic rings. The molecule has 0 aliphatic rings. The average Bonchev–Trinajstić information content (AvgIpc) is 2.34. The monoisotopic (exact) mass is 213 g/mol. The maximum absolute atomic E-state index is 4.50. The fourth-order valence-corrected chi connectivity index (χ4v) is 1.49. The fraction of sp³-hybridized carbons (Fsp3) is 0.200. The zero-order valence-corrected chi connectivity index (χ0v) is 10.2. The van der Waals surface area contributed by atoms with Crippen LogP contribution in [-0.2, 0) is 0 Å². The quantitative estimate of drug-likeness (QED) is 0.770. The van der Waals surface area contributed by atoms with Crippen LogP contribution in [0.25, 0.3) is 11.1 Å². The maximum Gasteiger partial charge on any atom is -0.0184 e. The number of nitrogens with two attached hydrogens (primary N) is 1. The summed E-state index contributed by atoms with van der Waals surface area (Å²) in [6.45, 7) is 4.22. The van der Waals surface area contributed by atoms with E-state index in [1.54, 1.807) is 0 Å². The minimum atomic E-state index is 1.29. The molecular weight excluding hydrogens is 194 g/mol. The molecule has 0 aliphatic heterocycles. The Bertz CT molecular complexity index is 369. The second kappa shape index (κ2) is 6.09. The summed E-state index contributed by atoms with van der Waals surface area (Å²) < 4.78 is 0. The third kappa shape index (κ3) is 3.21. The van der Waals surface area contributed by atoms with Crippen molar-refractivity contribution in [2.24, 2.45) is 5.73 Å². The second-order valence-electron chi connectivity index (χ2n) is 3.73. The molecule has 0 fully saturated rings. The van der Waals surface area contributed by atoms with E-state index in [1.807, 2.05) is 0 Å². The number of aryl methyl sites for hydroxylation is 2. The summed E-state index contributed by atoms with van der Waals surface area (Å²) in [4.78, 5) is 0. The smallest absolute Gasteiger partial charge is 0.0184 e. The number of hydrogen-bond donors (Lipinski definition) is 1. The zero-order valence-electron chi connectivity index (χ0n) is 10.2. The first-order valence-electron chi connectivity index (χ1n) is 5.47. The third-order valence-corrected chi connectivity index (χ3v) is 2.44. The van der Waals surface area contributed by atoms with Crippen molar-refractivity contribution < 1.29 is 0 Å². The van der Waals surface area contributed by atoms with Crippen LogP contribution >= 0.6 is 0 Å². The molecule has 0 saturated carbocycles. The van der Waals surface area contributed by atoms with E-state index in [-0.39, 0.29) is 0 Å². The topological polar surface area (TPSA) is 26.0 Å². The summed E-state index contributed by atoms with van der Waals surface area (Å²) in [5.41, 5.74) is 9.69. The average molecular weight is 213 g/mol. The Kier molecular flexibility index (Phi) is 4.74. The molecule has 1 nitrogen and oxygen atoms in total. The van der Waals surface area contributed by atoms with Gasteiger partial charge in [0, 0.05) is 0 Å². The number of rotatable bonds is 1. The van der Waals surface area contributed by atoms with E-state index in [2.05, 4.69) is 68.1 Å². The molecule has 84 valence electrons. The summed E-state index contributed by atoms with van der Waals surface area (Å²) in [7, 11) is 1.50. The first kappa shape index (κ1) is 12.5. The molecule has 0 saturated heterocycles. The van der Waals surface area contributed by atoms with Gasteiger partial charge in [-0.05, 0) is 32.0 Å². The van der Waals surface area contributed by atoms with Crippen LogP contribution in [0.15, 0.2) is 48.5 Å². The summed E-state index contributed by atoms with van der Waals surface area (Å²) in [5, 5.41) is 0. The Hall–Kier alpha value is -1.60. The highest BCUT2D eigenvalue weighted by atomic mass is 14.4. The van der Waals surface area contributed by atoms with Crippen molar-refractivity contribution in [3.8, 4) is 11.1 Å². The summed E-state index contributed by atoms with van der Waals surface area (Å²) in [6.07, 6.45) is 0. The van der Waals surface area contributed by atoms with Crippen molar-refractivity contribution in [2.45, 2.75) is 13.8 Å². The van der Waals surface area contributed by atoms with Crippen LogP contribution in [0, 0.1) is 13.8 Å². The van der Waals surface area contributed by atoms with Crippen LogP contribution in [0.2, 0.25) is 0 Å². The molecule has 0 radical (unpaired) electrons. The maximum atomic E-state index is 4.50. The number of hydrogen-bond acceptors (Lipinski definition) is 1. The molecule has 0 atom stereocenters. The van der Waals surface area contributed by atoms with Crippen LogP contribution in [0.3, 0.4) is 0 Å². The lowest BCUT2D eigenvalue weighted by Crippen LogP contribution is -1.78. The first-order valence-corrected chi connectivity index (χ1v) is 5.47. The van der Waals surface area contributed by atoms with Gasteiger partial charge in [0.05, 0.1) is 0 Å². The number of benzene rings is 2. The van der Waals surface area contributed by atoms with E-state index in [9.17, 15) is 0 Å². The van der Waals surface area contributed by atoms with E-state index >= 15 is 0 Å². The molecule has 0 aliphatic carbocycles. The van der Waals surface area contributed by atoms with Crippen molar-refractivity contribution in [1.29, 1.82) is 0 Å². The van der Waals surface area contributed by atoms with E-state index in [0.717, 1.165) is 0 Å². The third-order valence-electron chi connectivity index (χ3n) is 2.44. The van der Waals surface area contributed by atoms with E-state index < -0.39 is 0 Å². The normalized spacial score (nSPS) is 9.25. The molecule has 0 unspecified atom stereocenters. The highest BCUT2D eigenvalue weighted by Crippen LogP contribution is 2.19. The Morgan fingerprint density at radius 2 is 0.812 bits per heavy atom. The van der Waals surface area contributed by atoms with Gasteiger partial charge in [-0.3, -0.25) is 0 Å². The first-order chi connectivity index (χ1) is 7.75. The van der Waals surface area contributed by atoms with Gasteiger partial charge in [0.15, 0.2) is 0 Å². The Morgan fingerprint density at radius 1 is 0.562 bits per heavy atom. The lowest BCUT2D eigenvalue weighted by atomic mass is 10.0. The lowest BCUT2D eigenvalue weighted by Gasteiger charge is -2.02. The lowest BCUT2D eigenvalue weighted by molar-refractivity contribution is 1.45. The van der Waals surface area contributed by atoms with Crippen molar-refractivity contribution in [1.82, 2.24) is 0 Å².